The average molecular weight is 148 g/mol. The van der Waals surface area contributed by atoms with Gasteiger partial charge < -0.3 is 4.74 Å². The highest BCUT2D eigenvalue weighted by Crippen LogP contribution is 2.24. The average Bonchev–Trinajstić information content (AvgIpc) is 2.04. The third kappa shape index (κ3) is 1.43. The highest BCUT2D eigenvalue weighted by Gasteiger charge is 2.20. The maximum Gasteiger partial charge on any atom is 0.126 e. The summed E-state index contributed by atoms with van der Waals surface area (Å²) < 4.78 is 5.27. The molecule has 1 aliphatic heterocycles. The molecule has 0 saturated heterocycles. The smallest absolute Gasteiger partial charge is 0.126 e. The van der Waals surface area contributed by atoms with Crippen LogP contribution in [0.3, 0.4) is 0 Å². The Morgan fingerprint density at radius 3 is 2.55 bits per heavy atom. The molecule has 0 amide bonds. The van der Waals surface area contributed by atoms with Crippen LogP contribution in [-0.2, 0) is 4.74 Å². The van der Waals surface area contributed by atoms with Crippen molar-refractivity contribution in [1.29, 1.82) is 0 Å². The molecule has 1 heterocycles. The van der Waals surface area contributed by atoms with Gasteiger partial charge >= 0.3 is 0 Å². The Bertz CT molecular complexity index is 213. The van der Waals surface area contributed by atoms with Gasteiger partial charge in [0.25, 0.3) is 0 Å². The summed E-state index contributed by atoms with van der Waals surface area (Å²) in [4.78, 5) is 0. The van der Waals surface area contributed by atoms with Crippen molar-refractivity contribution in [3.63, 3.8) is 0 Å². The molecule has 0 spiro atoms. The van der Waals surface area contributed by atoms with Gasteiger partial charge in [-0.2, -0.15) is 0 Å². The van der Waals surface area contributed by atoms with Crippen LogP contribution in [0, 0.1) is 5.92 Å². The van der Waals surface area contributed by atoms with Gasteiger partial charge in [-0.3, -0.25) is 0 Å². The van der Waals surface area contributed by atoms with E-state index < -0.39 is 0 Å². The van der Waals surface area contributed by atoms with E-state index in [2.05, 4.69) is 19.7 Å². The van der Waals surface area contributed by atoms with Crippen molar-refractivity contribution in [1.82, 2.24) is 0 Å². The molecule has 0 aromatic carbocycles. The van der Waals surface area contributed by atoms with Gasteiger partial charge in [0.15, 0.2) is 0 Å². The summed E-state index contributed by atoms with van der Waals surface area (Å²) in [6, 6.07) is 0. The van der Waals surface area contributed by atoms with E-state index in [0.29, 0.717) is 0 Å². The van der Waals surface area contributed by atoms with E-state index >= 15 is 0 Å². The molecule has 0 aromatic heterocycles. The highest BCUT2D eigenvalue weighted by molar-refractivity contribution is 5.26. The fraction of sp³-hybridized carbons (Fsp3) is 0.200. The van der Waals surface area contributed by atoms with E-state index in [9.17, 15) is 0 Å². The number of rotatable bonds is 2. The van der Waals surface area contributed by atoms with Gasteiger partial charge in [0, 0.05) is 5.92 Å². The summed E-state index contributed by atoms with van der Waals surface area (Å²) in [5, 5.41) is 0. The molecule has 0 aromatic rings. The van der Waals surface area contributed by atoms with Gasteiger partial charge in [0.1, 0.15) is 6.10 Å². The summed E-state index contributed by atoms with van der Waals surface area (Å²) in [7, 11) is 0. The topological polar surface area (TPSA) is 9.23 Å². The molecule has 11 heavy (non-hydrogen) atoms. The fourth-order valence-electron chi connectivity index (χ4n) is 1.11. The van der Waals surface area contributed by atoms with Gasteiger partial charge in [-0.1, -0.05) is 25.3 Å². The third-order valence-corrected chi connectivity index (χ3v) is 1.79. The van der Waals surface area contributed by atoms with Crippen LogP contribution >= 0.6 is 0 Å². The first-order valence-electron chi connectivity index (χ1n) is 3.55. The summed E-state index contributed by atoms with van der Waals surface area (Å²) >= 11 is 0. The third-order valence-electron chi connectivity index (χ3n) is 1.79. The molecule has 0 fully saturated rings. The second-order valence-electron chi connectivity index (χ2n) is 2.48. The molecular formula is C10H12O. The minimum absolute atomic E-state index is 0.00463. The predicted octanol–water partition coefficient (Wildman–Crippen LogP) is 2.44. The van der Waals surface area contributed by atoms with E-state index in [4.69, 9.17) is 4.74 Å². The lowest BCUT2D eigenvalue weighted by atomic mass is 9.93. The van der Waals surface area contributed by atoms with Crippen molar-refractivity contribution in [2.45, 2.75) is 6.10 Å². The maximum absolute atomic E-state index is 5.27. The number of hydrogen-bond donors (Lipinski definition) is 0. The highest BCUT2D eigenvalue weighted by atomic mass is 16.5. The molecule has 0 aliphatic carbocycles. The van der Waals surface area contributed by atoms with E-state index in [0.717, 1.165) is 5.57 Å². The molecular weight excluding hydrogens is 136 g/mol. The zero-order valence-corrected chi connectivity index (χ0v) is 6.49. The van der Waals surface area contributed by atoms with Gasteiger partial charge in [0.2, 0.25) is 0 Å². The van der Waals surface area contributed by atoms with Crippen LogP contribution in [0.25, 0.3) is 0 Å². The zero-order chi connectivity index (χ0) is 8.27. The molecule has 0 radical (unpaired) electrons. The minimum Gasteiger partial charge on any atom is -0.493 e. The van der Waals surface area contributed by atoms with Crippen molar-refractivity contribution < 1.29 is 4.74 Å². The zero-order valence-electron chi connectivity index (χ0n) is 6.49. The molecule has 0 bridgehead atoms. The number of hydrogen-bond acceptors (Lipinski definition) is 1. The molecule has 58 valence electrons. The Balaban J connectivity index is 2.83. The second-order valence-corrected chi connectivity index (χ2v) is 2.48. The molecule has 1 nitrogen and oxygen atoms in total. The van der Waals surface area contributed by atoms with Gasteiger partial charge in [-0.25, -0.2) is 0 Å². The molecule has 0 N–H and O–H groups in total. The lowest BCUT2D eigenvalue weighted by molar-refractivity contribution is 0.152. The Kier molecular flexibility index (Phi) is 2.32. The first-order valence-corrected chi connectivity index (χ1v) is 3.55. The molecule has 0 saturated carbocycles. The summed E-state index contributed by atoms with van der Waals surface area (Å²) in [6.45, 7) is 11.3. The van der Waals surface area contributed by atoms with E-state index in [1.807, 2.05) is 12.2 Å². The summed E-state index contributed by atoms with van der Waals surface area (Å²) in [5.74, 6) is 0.178. The van der Waals surface area contributed by atoms with Crippen LogP contribution in [0.2, 0.25) is 0 Å². The van der Waals surface area contributed by atoms with E-state index in [-0.39, 0.29) is 12.0 Å². The Morgan fingerprint density at radius 2 is 2.09 bits per heavy atom. The van der Waals surface area contributed by atoms with Crippen LogP contribution in [0.1, 0.15) is 0 Å². The van der Waals surface area contributed by atoms with Gasteiger partial charge in [-0.05, 0) is 11.6 Å². The number of ether oxygens (including phenoxy) is 1. The second kappa shape index (κ2) is 3.24. The summed E-state index contributed by atoms with van der Waals surface area (Å²) in [5.41, 5.74) is 1.02. The Morgan fingerprint density at radius 1 is 1.36 bits per heavy atom. The first kappa shape index (κ1) is 7.86. The van der Waals surface area contributed by atoms with Crippen LogP contribution in [0.15, 0.2) is 49.8 Å². The van der Waals surface area contributed by atoms with Crippen molar-refractivity contribution in [2.24, 2.45) is 5.92 Å². The Hall–Kier alpha value is -1.24. The van der Waals surface area contributed by atoms with Crippen LogP contribution in [0.4, 0.5) is 0 Å². The number of allylic oxidation sites excluding steroid dienone is 1. The Labute approximate surface area is 67.4 Å². The summed E-state index contributed by atoms with van der Waals surface area (Å²) in [6.07, 6.45) is 7.10. The fourth-order valence-corrected chi connectivity index (χ4v) is 1.11. The van der Waals surface area contributed by atoms with Crippen molar-refractivity contribution >= 4 is 0 Å². The van der Waals surface area contributed by atoms with Crippen molar-refractivity contribution in [2.75, 3.05) is 0 Å². The monoisotopic (exact) mass is 148 g/mol. The van der Waals surface area contributed by atoms with Gasteiger partial charge in [0.05, 0.1) is 6.26 Å². The molecule has 1 heteroatoms. The lowest BCUT2D eigenvalue weighted by Crippen LogP contribution is -2.21. The van der Waals surface area contributed by atoms with E-state index in [1.165, 1.54) is 0 Å². The van der Waals surface area contributed by atoms with Crippen molar-refractivity contribution in [3.8, 4) is 0 Å². The first-order chi connectivity index (χ1) is 5.29. The largest absolute Gasteiger partial charge is 0.493 e. The SMILES string of the molecule is C=CC1OC=CC(=C)C1C=C. The predicted molar refractivity (Wildman–Crippen MR) is 47.0 cm³/mol. The maximum atomic E-state index is 5.27. The lowest BCUT2D eigenvalue weighted by Gasteiger charge is -2.25. The van der Waals surface area contributed by atoms with E-state index in [1.54, 1.807) is 12.3 Å². The van der Waals surface area contributed by atoms with Gasteiger partial charge in [-0.15, -0.1) is 6.58 Å². The molecule has 1 rings (SSSR count). The normalized spacial score (nSPS) is 29.3. The molecule has 2 unspecified atom stereocenters. The van der Waals surface area contributed by atoms with Crippen LogP contribution < -0.4 is 0 Å². The van der Waals surface area contributed by atoms with Crippen LogP contribution in [-0.4, -0.2) is 6.10 Å². The minimum atomic E-state index is 0.00463. The molecule has 1 aliphatic rings. The quantitative estimate of drug-likeness (QED) is 0.546. The standard InChI is InChI=1S/C10H12O/c1-4-9-8(3)6-7-11-10(9)5-2/h4-7,9-10H,1-3H2. The van der Waals surface area contributed by atoms with Crippen molar-refractivity contribution in [3.05, 3.63) is 49.8 Å². The molecule has 2 atom stereocenters. The van der Waals surface area contributed by atoms with Crippen LogP contribution in [0.5, 0.6) is 0 Å².